The van der Waals surface area contributed by atoms with Crippen molar-refractivity contribution >= 4 is 11.7 Å². The molecule has 0 unspecified atom stereocenters. The third-order valence-electron chi connectivity index (χ3n) is 5.81. The van der Waals surface area contributed by atoms with Gasteiger partial charge in [-0.2, -0.15) is 5.10 Å². The van der Waals surface area contributed by atoms with Gasteiger partial charge in [0.1, 0.15) is 17.3 Å². The smallest absolute Gasteiger partial charge is 0.233 e. The maximum absolute atomic E-state index is 12.8. The van der Waals surface area contributed by atoms with Crippen LogP contribution in [0.5, 0.6) is 0 Å². The summed E-state index contributed by atoms with van der Waals surface area (Å²) in [4.78, 5) is 32.8. The molecule has 4 aromatic rings. The summed E-state index contributed by atoms with van der Waals surface area (Å²) in [5.74, 6) is 2.11. The molecule has 0 fully saturated rings. The monoisotopic (exact) mass is 439 g/mol. The Morgan fingerprint density at radius 2 is 1.79 bits per heavy atom. The molecule has 166 valence electrons. The Kier molecular flexibility index (Phi) is 5.20. The van der Waals surface area contributed by atoms with Crippen LogP contribution in [0.25, 0.3) is 17.1 Å². The van der Waals surface area contributed by atoms with E-state index in [1.807, 2.05) is 38.1 Å². The summed E-state index contributed by atoms with van der Waals surface area (Å²) < 4.78 is 1.81. The number of hydrogen-bond donors (Lipinski definition) is 0. The molecule has 0 radical (unpaired) electrons. The minimum atomic E-state index is -0.0279. The topological polar surface area (TPSA) is 89.7 Å². The number of nitrogens with zero attached hydrogens (tertiary/aromatic N) is 7. The highest BCUT2D eigenvalue weighted by molar-refractivity contribution is 6.00. The summed E-state index contributed by atoms with van der Waals surface area (Å²) in [6.07, 6.45) is 5.51. The van der Waals surface area contributed by atoms with E-state index in [1.54, 1.807) is 28.2 Å². The summed E-state index contributed by atoms with van der Waals surface area (Å²) >= 11 is 0. The molecule has 33 heavy (non-hydrogen) atoms. The van der Waals surface area contributed by atoms with Crippen LogP contribution in [0.3, 0.4) is 0 Å². The summed E-state index contributed by atoms with van der Waals surface area (Å²) in [7, 11) is 0. The maximum atomic E-state index is 12.8. The lowest BCUT2D eigenvalue weighted by Gasteiger charge is -2.17. The number of fused-ring (bicyclic) bond motifs is 1. The fraction of sp³-hybridized carbons (Fsp3) is 0.280. The number of amides is 1. The number of carbonyl (C=O) groups excluding carboxylic acids is 1. The van der Waals surface area contributed by atoms with Crippen molar-refractivity contribution in [2.45, 2.75) is 46.6 Å². The lowest BCUT2D eigenvalue weighted by molar-refractivity contribution is -0.117. The van der Waals surface area contributed by atoms with E-state index in [0.29, 0.717) is 23.4 Å². The van der Waals surface area contributed by atoms with Crippen LogP contribution in [0, 0.1) is 13.8 Å². The molecule has 5 rings (SSSR count). The summed E-state index contributed by atoms with van der Waals surface area (Å²) in [6.45, 7) is 8.49. The van der Waals surface area contributed by atoms with Gasteiger partial charge in [-0.15, -0.1) is 0 Å². The quantitative estimate of drug-likeness (QED) is 0.468. The minimum Gasteiger partial charge on any atom is -0.288 e. The first-order valence-electron chi connectivity index (χ1n) is 11.0. The molecule has 1 aliphatic heterocycles. The maximum Gasteiger partial charge on any atom is 0.233 e. The van der Waals surface area contributed by atoms with Gasteiger partial charge in [-0.1, -0.05) is 38.1 Å². The SMILES string of the molecule is Cc1cc(C)n(-c2cnc(CN3C(=O)Cc4cnc(-c5ccccc5C(C)C)nc43)nc2)n1. The second kappa shape index (κ2) is 8.20. The molecule has 0 saturated heterocycles. The van der Waals surface area contributed by atoms with Crippen LogP contribution in [-0.4, -0.2) is 35.6 Å². The van der Waals surface area contributed by atoms with Crippen LogP contribution in [0.1, 0.15) is 48.1 Å². The average Bonchev–Trinajstić information content (AvgIpc) is 3.31. The van der Waals surface area contributed by atoms with E-state index >= 15 is 0 Å². The minimum absolute atomic E-state index is 0.0279. The van der Waals surface area contributed by atoms with Crippen LogP contribution < -0.4 is 4.90 Å². The molecule has 0 saturated carbocycles. The number of aryl methyl sites for hydroxylation is 2. The molecule has 8 heteroatoms. The Morgan fingerprint density at radius 3 is 2.48 bits per heavy atom. The molecule has 8 nitrogen and oxygen atoms in total. The standard InChI is InChI=1S/C25H25N7O/c1-15(2)20-7-5-6-8-21(20)24-28-11-18-10-23(33)31(25(18)29-24)14-22-26-12-19(13-27-22)32-17(4)9-16(3)30-32/h5-9,11-13,15H,10,14H2,1-4H3. The third kappa shape index (κ3) is 3.88. The lowest BCUT2D eigenvalue weighted by atomic mass is 9.97. The van der Waals surface area contributed by atoms with Gasteiger partial charge in [0.25, 0.3) is 0 Å². The van der Waals surface area contributed by atoms with E-state index in [9.17, 15) is 4.79 Å². The second-order valence-corrected chi connectivity index (χ2v) is 8.64. The largest absolute Gasteiger partial charge is 0.288 e. The van der Waals surface area contributed by atoms with Gasteiger partial charge >= 0.3 is 0 Å². The van der Waals surface area contributed by atoms with Gasteiger partial charge < -0.3 is 0 Å². The van der Waals surface area contributed by atoms with Crippen molar-refractivity contribution in [3.05, 3.63) is 77.3 Å². The Labute approximate surface area is 192 Å². The van der Waals surface area contributed by atoms with Crippen molar-refractivity contribution in [3.8, 4) is 17.1 Å². The van der Waals surface area contributed by atoms with E-state index in [2.05, 4.69) is 40.0 Å². The van der Waals surface area contributed by atoms with Gasteiger partial charge in [0.15, 0.2) is 5.82 Å². The zero-order chi connectivity index (χ0) is 23.1. The van der Waals surface area contributed by atoms with Gasteiger partial charge in [0, 0.05) is 23.0 Å². The Morgan fingerprint density at radius 1 is 1.03 bits per heavy atom. The Bertz CT molecular complexity index is 1340. The molecule has 0 bridgehead atoms. The van der Waals surface area contributed by atoms with Crippen molar-refractivity contribution < 1.29 is 4.79 Å². The van der Waals surface area contributed by atoms with E-state index in [0.717, 1.165) is 28.2 Å². The Balaban J connectivity index is 1.44. The molecule has 0 aliphatic carbocycles. The molecule has 0 atom stereocenters. The third-order valence-corrected chi connectivity index (χ3v) is 5.81. The predicted octanol–water partition coefficient (Wildman–Crippen LogP) is 3.95. The highest BCUT2D eigenvalue weighted by Gasteiger charge is 2.30. The fourth-order valence-corrected chi connectivity index (χ4v) is 4.20. The zero-order valence-corrected chi connectivity index (χ0v) is 19.1. The first-order chi connectivity index (χ1) is 15.9. The number of anilines is 1. The summed E-state index contributed by atoms with van der Waals surface area (Å²) in [5, 5.41) is 4.47. The first kappa shape index (κ1) is 20.9. The highest BCUT2D eigenvalue weighted by atomic mass is 16.2. The van der Waals surface area contributed by atoms with Crippen LogP contribution in [0.15, 0.2) is 48.9 Å². The molecular formula is C25H25N7O. The van der Waals surface area contributed by atoms with Gasteiger partial charge in [-0.3, -0.25) is 9.69 Å². The second-order valence-electron chi connectivity index (χ2n) is 8.64. The number of hydrogen-bond acceptors (Lipinski definition) is 6. The van der Waals surface area contributed by atoms with E-state index in [1.165, 1.54) is 5.56 Å². The molecular weight excluding hydrogens is 414 g/mol. The molecule has 4 heterocycles. The van der Waals surface area contributed by atoms with Gasteiger partial charge in [-0.25, -0.2) is 24.6 Å². The van der Waals surface area contributed by atoms with Crippen LogP contribution in [0.2, 0.25) is 0 Å². The van der Waals surface area contributed by atoms with Gasteiger partial charge in [-0.05, 0) is 31.4 Å². The zero-order valence-electron chi connectivity index (χ0n) is 19.1. The molecule has 3 aromatic heterocycles. The van der Waals surface area contributed by atoms with Crippen molar-refractivity contribution in [3.63, 3.8) is 0 Å². The van der Waals surface area contributed by atoms with Crippen LogP contribution in [-0.2, 0) is 17.8 Å². The molecule has 1 amide bonds. The molecule has 1 aromatic carbocycles. The summed E-state index contributed by atoms with van der Waals surface area (Å²) in [5.41, 5.74) is 5.72. The number of aromatic nitrogens is 6. The average molecular weight is 440 g/mol. The summed E-state index contributed by atoms with van der Waals surface area (Å²) in [6, 6.07) is 10.1. The fourth-order valence-electron chi connectivity index (χ4n) is 4.20. The number of benzene rings is 1. The molecule has 1 aliphatic rings. The molecule has 0 spiro atoms. The number of rotatable bonds is 5. The van der Waals surface area contributed by atoms with Crippen LogP contribution in [0.4, 0.5) is 5.82 Å². The highest BCUT2D eigenvalue weighted by Crippen LogP contribution is 2.32. The molecule has 0 N–H and O–H groups in total. The van der Waals surface area contributed by atoms with Gasteiger partial charge in [0.2, 0.25) is 5.91 Å². The Hall–Kier alpha value is -3.94. The number of carbonyl (C=O) groups is 1. The van der Waals surface area contributed by atoms with E-state index < -0.39 is 0 Å². The van der Waals surface area contributed by atoms with Crippen molar-refractivity contribution in [2.75, 3.05) is 4.90 Å². The predicted molar refractivity (Wildman–Crippen MR) is 125 cm³/mol. The van der Waals surface area contributed by atoms with Crippen molar-refractivity contribution in [1.82, 2.24) is 29.7 Å². The van der Waals surface area contributed by atoms with Gasteiger partial charge in [0.05, 0.1) is 31.1 Å². The van der Waals surface area contributed by atoms with E-state index in [-0.39, 0.29) is 18.9 Å². The normalized spacial score (nSPS) is 13.1. The van der Waals surface area contributed by atoms with Crippen molar-refractivity contribution in [2.24, 2.45) is 0 Å². The van der Waals surface area contributed by atoms with Crippen molar-refractivity contribution in [1.29, 1.82) is 0 Å². The lowest BCUT2D eigenvalue weighted by Crippen LogP contribution is -2.27. The van der Waals surface area contributed by atoms with E-state index in [4.69, 9.17) is 4.98 Å². The van der Waals surface area contributed by atoms with Crippen LogP contribution >= 0.6 is 0 Å². The first-order valence-corrected chi connectivity index (χ1v) is 11.0.